The molecule has 0 atom stereocenters. The second-order valence-corrected chi connectivity index (χ2v) is 6.64. The molecule has 0 N–H and O–H groups in total. The first-order valence-electron chi connectivity index (χ1n) is 7.87. The Labute approximate surface area is 144 Å². The average molecular weight is 340 g/mol. The van der Waals surface area contributed by atoms with Gasteiger partial charge in [-0.2, -0.15) is 10.1 Å². The van der Waals surface area contributed by atoms with Crippen molar-refractivity contribution in [3.05, 3.63) is 58.7 Å². The molecule has 6 heteroatoms. The number of carbonyl (C=O) groups is 1. The number of thiazole rings is 1. The molecule has 0 aliphatic rings. The normalized spacial score (nSPS) is 12.0. The number of aromatic nitrogens is 3. The maximum atomic E-state index is 12.6. The lowest BCUT2D eigenvalue weighted by Crippen LogP contribution is -2.17. The van der Waals surface area contributed by atoms with Crippen LogP contribution in [-0.2, 0) is 13.1 Å². The summed E-state index contributed by atoms with van der Waals surface area (Å²) in [6.45, 7) is 11.2. The zero-order chi connectivity index (χ0) is 17.3. The number of hydrogen-bond donors (Lipinski definition) is 0. The number of allylic oxidation sites excluding steroid dienone is 1. The van der Waals surface area contributed by atoms with Gasteiger partial charge in [0.25, 0.3) is 5.91 Å². The predicted octanol–water partition coefficient (Wildman–Crippen LogP) is 3.46. The molecule has 0 bridgehead atoms. The van der Waals surface area contributed by atoms with Crippen molar-refractivity contribution in [2.24, 2.45) is 4.99 Å². The number of hydrogen-bond acceptors (Lipinski definition) is 3. The van der Waals surface area contributed by atoms with Gasteiger partial charge in [-0.15, -0.1) is 6.58 Å². The number of amides is 1. The summed E-state index contributed by atoms with van der Waals surface area (Å²) in [6.07, 6.45) is 3.45. The minimum Gasteiger partial charge on any atom is -0.312 e. The third-order valence-electron chi connectivity index (χ3n) is 3.86. The number of aryl methyl sites for hydroxylation is 3. The number of rotatable bonds is 4. The van der Waals surface area contributed by atoms with E-state index in [0.29, 0.717) is 23.6 Å². The number of fused-ring (bicyclic) bond motifs is 1. The van der Waals surface area contributed by atoms with Crippen molar-refractivity contribution in [1.29, 1.82) is 0 Å². The van der Waals surface area contributed by atoms with E-state index < -0.39 is 0 Å². The van der Waals surface area contributed by atoms with E-state index >= 15 is 0 Å². The van der Waals surface area contributed by atoms with Crippen LogP contribution in [0.1, 0.15) is 28.5 Å². The number of nitrogens with zero attached hydrogens (tertiary/aromatic N) is 4. The van der Waals surface area contributed by atoms with Crippen LogP contribution in [0.25, 0.3) is 10.2 Å². The van der Waals surface area contributed by atoms with Crippen LogP contribution in [0.15, 0.2) is 42.0 Å². The van der Waals surface area contributed by atoms with Gasteiger partial charge >= 0.3 is 0 Å². The molecule has 0 saturated heterocycles. The molecule has 24 heavy (non-hydrogen) atoms. The summed E-state index contributed by atoms with van der Waals surface area (Å²) in [5, 5.41) is 4.14. The van der Waals surface area contributed by atoms with Gasteiger partial charge < -0.3 is 4.57 Å². The van der Waals surface area contributed by atoms with Crippen molar-refractivity contribution in [1.82, 2.24) is 14.3 Å². The third kappa shape index (κ3) is 2.85. The Balaban J connectivity index is 2.21. The highest BCUT2D eigenvalue weighted by atomic mass is 32.1. The minimum atomic E-state index is -0.270. The van der Waals surface area contributed by atoms with Gasteiger partial charge in [0.2, 0.25) is 0 Å². The van der Waals surface area contributed by atoms with Crippen molar-refractivity contribution in [2.75, 3.05) is 0 Å². The van der Waals surface area contributed by atoms with E-state index in [4.69, 9.17) is 0 Å². The molecule has 1 aromatic carbocycles. The lowest BCUT2D eigenvalue weighted by atomic mass is 10.1. The van der Waals surface area contributed by atoms with Crippen molar-refractivity contribution < 1.29 is 4.79 Å². The van der Waals surface area contributed by atoms with Gasteiger partial charge in [0, 0.05) is 19.3 Å². The molecule has 3 rings (SSSR count). The van der Waals surface area contributed by atoms with E-state index in [1.165, 1.54) is 22.5 Å². The number of carbonyl (C=O) groups excluding carboxylic acids is 1. The first-order valence-corrected chi connectivity index (χ1v) is 8.69. The molecule has 3 aromatic rings. The molecular weight excluding hydrogens is 320 g/mol. The SMILES string of the molecule is C=CCn1c(=NC(=O)c2ccnn2CC)sc2c(C)cc(C)cc21. The molecule has 0 saturated carbocycles. The van der Waals surface area contributed by atoms with E-state index in [2.05, 4.69) is 42.7 Å². The van der Waals surface area contributed by atoms with E-state index in [1.54, 1.807) is 16.9 Å². The molecule has 124 valence electrons. The van der Waals surface area contributed by atoms with E-state index in [9.17, 15) is 4.79 Å². The molecule has 0 fully saturated rings. The maximum absolute atomic E-state index is 12.6. The molecule has 0 unspecified atom stereocenters. The summed E-state index contributed by atoms with van der Waals surface area (Å²) in [7, 11) is 0. The van der Waals surface area contributed by atoms with Crippen LogP contribution in [0.2, 0.25) is 0 Å². The van der Waals surface area contributed by atoms with Crippen molar-refractivity contribution in [2.45, 2.75) is 33.9 Å². The standard InChI is InChI=1S/C18H20N4OS/c1-5-9-21-15-11-12(3)10-13(4)16(15)24-18(21)20-17(23)14-7-8-19-22(14)6-2/h5,7-8,10-11H,1,6,9H2,2-4H3. The second kappa shape index (κ2) is 6.57. The Morgan fingerprint density at radius 2 is 2.21 bits per heavy atom. The fraction of sp³-hybridized carbons (Fsp3) is 0.278. The average Bonchev–Trinajstić information content (AvgIpc) is 3.14. The molecule has 0 aliphatic heterocycles. The summed E-state index contributed by atoms with van der Waals surface area (Å²) >= 11 is 1.54. The first-order chi connectivity index (χ1) is 11.5. The van der Waals surface area contributed by atoms with Crippen LogP contribution < -0.4 is 4.80 Å². The largest absolute Gasteiger partial charge is 0.312 e. The first kappa shape index (κ1) is 16.4. The van der Waals surface area contributed by atoms with Crippen LogP contribution in [0, 0.1) is 13.8 Å². The van der Waals surface area contributed by atoms with Gasteiger partial charge in [0.1, 0.15) is 5.69 Å². The zero-order valence-corrected chi connectivity index (χ0v) is 14.9. The molecule has 0 radical (unpaired) electrons. The monoisotopic (exact) mass is 340 g/mol. The summed E-state index contributed by atoms with van der Waals surface area (Å²) in [5.74, 6) is -0.270. The Morgan fingerprint density at radius 1 is 1.42 bits per heavy atom. The van der Waals surface area contributed by atoms with Gasteiger partial charge in [-0.05, 0) is 44.0 Å². The summed E-state index contributed by atoms with van der Waals surface area (Å²) in [5.41, 5.74) is 3.99. The molecule has 0 spiro atoms. The third-order valence-corrected chi connectivity index (χ3v) is 5.09. The van der Waals surface area contributed by atoms with E-state index in [1.807, 2.05) is 17.6 Å². The van der Waals surface area contributed by atoms with E-state index in [0.717, 1.165) is 10.2 Å². The molecular formula is C18H20N4OS. The van der Waals surface area contributed by atoms with Crippen molar-refractivity contribution >= 4 is 27.5 Å². The minimum absolute atomic E-state index is 0.270. The van der Waals surface area contributed by atoms with Gasteiger partial charge in [0.05, 0.1) is 10.2 Å². The lowest BCUT2D eigenvalue weighted by molar-refractivity contribution is 0.0987. The fourth-order valence-corrected chi connectivity index (χ4v) is 3.90. The van der Waals surface area contributed by atoms with Gasteiger partial charge in [-0.3, -0.25) is 9.48 Å². The molecule has 0 aliphatic carbocycles. The Hall–Kier alpha value is -2.47. The van der Waals surface area contributed by atoms with Crippen LogP contribution in [0.5, 0.6) is 0 Å². The topological polar surface area (TPSA) is 52.2 Å². The van der Waals surface area contributed by atoms with Crippen LogP contribution in [0.4, 0.5) is 0 Å². The predicted molar refractivity (Wildman–Crippen MR) is 97.3 cm³/mol. The Kier molecular flexibility index (Phi) is 4.49. The van der Waals surface area contributed by atoms with Crippen molar-refractivity contribution in [3.8, 4) is 0 Å². The fourth-order valence-electron chi connectivity index (χ4n) is 2.81. The molecule has 2 heterocycles. The maximum Gasteiger partial charge on any atom is 0.297 e. The van der Waals surface area contributed by atoms with Crippen LogP contribution in [0.3, 0.4) is 0 Å². The van der Waals surface area contributed by atoms with Gasteiger partial charge in [-0.1, -0.05) is 23.5 Å². The van der Waals surface area contributed by atoms with Gasteiger partial charge in [0.15, 0.2) is 4.80 Å². The summed E-state index contributed by atoms with van der Waals surface area (Å²) in [6, 6.07) is 5.98. The highest BCUT2D eigenvalue weighted by Crippen LogP contribution is 2.23. The van der Waals surface area contributed by atoms with E-state index in [-0.39, 0.29) is 5.91 Å². The Bertz CT molecular complexity index is 990. The Morgan fingerprint density at radius 3 is 2.92 bits per heavy atom. The number of benzene rings is 1. The van der Waals surface area contributed by atoms with Gasteiger partial charge in [-0.25, -0.2) is 0 Å². The lowest BCUT2D eigenvalue weighted by Gasteiger charge is -2.04. The summed E-state index contributed by atoms with van der Waals surface area (Å²) in [4.78, 5) is 17.6. The van der Waals surface area contributed by atoms with Crippen LogP contribution in [-0.4, -0.2) is 20.3 Å². The molecule has 1 amide bonds. The molecule has 2 aromatic heterocycles. The highest BCUT2D eigenvalue weighted by Gasteiger charge is 2.13. The highest BCUT2D eigenvalue weighted by molar-refractivity contribution is 7.16. The molecule has 5 nitrogen and oxygen atoms in total. The van der Waals surface area contributed by atoms with Crippen LogP contribution >= 0.6 is 11.3 Å². The quantitative estimate of drug-likeness (QED) is 0.683. The second-order valence-electron chi connectivity index (χ2n) is 5.66. The smallest absolute Gasteiger partial charge is 0.297 e. The summed E-state index contributed by atoms with van der Waals surface area (Å²) < 4.78 is 4.85. The zero-order valence-electron chi connectivity index (χ0n) is 14.1. The van der Waals surface area contributed by atoms with Crippen molar-refractivity contribution in [3.63, 3.8) is 0 Å².